The summed E-state index contributed by atoms with van der Waals surface area (Å²) in [7, 11) is 0. The first-order valence-electron chi connectivity index (χ1n) is 8.89. The van der Waals surface area contributed by atoms with Crippen molar-refractivity contribution in [2.45, 2.75) is 45.2 Å². The summed E-state index contributed by atoms with van der Waals surface area (Å²) in [5.41, 5.74) is 1.31. The van der Waals surface area contributed by atoms with Crippen molar-refractivity contribution < 1.29 is 4.79 Å². The fourth-order valence-electron chi connectivity index (χ4n) is 3.15. The molecule has 1 N–H and O–H groups in total. The number of nitrogens with one attached hydrogen (secondary N) is 1. The van der Waals surface area contributed by atoms with Crippen molar-refractivity contribution in [1.82, 2.24) is 19.8 Å². The van der Waals surface area contributed by atoms with Crippen LogP contribution < -0.4 is 5.32 Å². The van der Waals surface area contributed by atoms with E-state index < -0.39 is 0 Å². The van der Waals surface area contributed by atoms with E-state index in [-0.39, 0.29) is 6.03 Å². The Morgan fingerprint density at radius 2 is 1.83 bits per heavy atom. The first-order chi connectivity index (χ1) is 11.8. The minimum Gasteiger partial charge on any atom is -0.333 e. The molecule has 1 aromatic heterocycles. The molecular weight excluding hydrogens is 300 g/mol. The van der Waals surface area contributed by atoms with Gasteiger partial charge in [-0.1, -0.05) is 43.2 Å². The van der Waals surface area contributed by atoms with Crippen LogP contribution in [0.25, 0.3) is 0 Å². The number of imidazole rings is 1. The summed E-state index contributed by atoms with van der Waals surface area (Å²) in [4.78, 5) is 18.6. The number of aromatic nitrogens is 2. The first kappa shape index (κ1) is 16.6. The van der Waals surface area contributed by atoms with Crippen molar-refractivity contribution in [3.63, 3.8) is 0 Å². The van der Waals surface area contributed by atoms with E-state index in [1.807, 2.05) is 17.2 Å². The normalized spacial score (nSPS) is 15.1. The molecule has 24 heavy (non-hydrogen) atoms. The lowest BCUT2D eigenvalue weighted by Crippen LogP contribution is -2.40. The molecule has 0 aliphatic carbocycles. The minimum atomic E-state index is 0.0366. The third-order valence-electron chi connectivity index (χ3n) is 4.58. The molecule has 0 unspecified atom stereocenters. The third-order valence-corrected chi connectivity index (χ3v) is 4.58. The minimum absolute atomic E-state index is 0.0366. The Morgan fingerprint density at radius 1 is 1.08 bits per heavy atom. The van der Waals surface area contributed by atoms with Gasteiger partial charge in [0.1, 0.15) is 5.82 Å². The van der Waals surface area contributed by atoms with Gasteiger partial charge in [0.05, 0.1) is 6.54 Å². The number of benzene rings is 1. The van der Waals surface area contributed by atoms with Gasteiger partial charge in [-0.3, -0.25) is 0 Å². The van der Waals surface area contributed by atoms with E-state index in [1.165, 1.54) is 18.4 Å². The van der Waals surface area contributed by atoms with Crippen LogP contribution in [0.5, 0.6) is 0 Å². The molecule has 2 aromatic rings. The van der Waals surface area contributed by atoms with Crippen LogP contribution in [0.4, 0.5) is 4.79 Å². The van der Waals surface area contributed by atoms with E-state index in [2.05, 4.69) is 39.1 Å². The summed E-state index contributed by atoms with van der Waals surface area (Å²) in [6, 6.07) is 10.5. The van der Waals surface area contributed by atoms with Crippen LogP contribution >= 0.6 is 0 Å². The fraction of sp³-hybridized carbons (Fsp3) is 0.474. The van der Waals surface area contributed by atoms with E-state index in [9.17, 15) is 4.79 Å². The number of rotatable bonds is 5. The zero-order valence-corrected chi connectivity index (χ0v) is 14.2. The van der Waals surface area contributed by atoms with E-state index in [1.54, 1.807) is 6.20 Å². The summed E-state index contributed by atoms with van der Waals surface area (Å²) >= 11 is 0. The van der Waals surface area contributed by atoms with Crippen LogP contribution in [0.15, 0.2) is 42.7 Å². The van der Waals surface area contributed by atoms with E-state index in [0.717, 1.165) is 44.7 Å². The zero-order chi connectivity index (χ0) is 16.6. The molecule has 3 rings (SSSR count). The second-order valence-electron chi connectivity index (χ2n) is 6.33. The highest BCUT2D eigenvalue weighted by molar-refractivity contribution is 5.74. The maximum absolute atomic E-state index is 12.3. The molecule has 2 amide bonds. The maximum Gasteiger partial charge on any atom is 0.317 e. The molecule has 0 bridgehead atoms. The van der Waals surface area contributed by atoms with Gasteiger partial charge in [-0.05, 0) is 24.8 Å². The highest BCUT2D eigenvalue weighted by Crippen LogP contribution is 2.10. The van der Waals surface area contributed by atoms with Crippen molar-refractivity contribution in [2.24, 2.45) is 0 Å². The lowest BCUT2D eigenvalue weighted by Gasteiger charge is -2.20. The van der Waals surface area contributed by atoms with Crippen LogP contribution in [-0.2, 0) is 19.5 Å². The van der Waals surface area contributed by atoms with Gasteiger partial charge >= 0.3 is 6.03 Å². The number of hydrogen-bond acceptors (Lipinski definition) is 2. The molecule has 1 aliphatic heterocycles. The standard InChI is InChI=1S/C19H26N4O/c24-19(23-12-6-1-2-7-13-23)21-16-18-20-11-15-22(18)14-10-17-8-4-3-5-9-17/h3-5,8-9,11,15H,1-2,6-7,10,12-14,16H2,(H,21,24). The van der Waals surface area contributed by atoms with Crippen LogP contribution in [0.2, 0.25) is 0 Å². The molecule has 0 spiro atoms. The molecule has 1 saturated heterocycles. The topological polar surface area (TPSA) is 50.2 Å². The third kappa shape index (κ3) is 4.60. The van der Waals surface area contributed by atoms with Gasteiger partial charge in [-0.2, -0.15) is 0 Å². The number of likely N-dealkylation sites (tertiary alicyclic amines) is 1. The van der Waals surface area contributed by atoms with Gasteiger partial charge in [0.25, 0.3) is 0 Å². The Kier molecular flexibility index (Phi) is 5.88. The Labute approximate surface area is 143 Å². The van der Waals surface area contributed by atoms with Crippen molar-refractivity contribution in [1.29, 1.82) is 0 Å². The summed E-state index contributed by atoms with van der Waals surface area (Å²) < 4.78 is 2.12. The number of carbonyl (C=O) groups is 1. The SMILES string of the molecule is O=C(NCc1nccn1CCc1ccccc1)N1CCCCCC1. The van der Waals surface area contributed by atoms with Crippen LogP contribution in [0.3, 0.4) is 0 Å². The van der Waals surface area contributed by atoms with Gasteiger partial charge in [0, 0.05) is 32.0 Å². The van der Waals surface area contributed by atoms with Crippen LogP contribution in [0, 0.1) is 0 Å². The predicted molar refractivity (Wildman–Crippen MR) is 94.6 cm³/mol. The van der Waals surface area contributed by atoms with Crippen molar-refractivity contribution in [3.8, 4) is 0 Å². The molecule has 1 aliphatic rings. The predicted octanol–water partition coefficient (Wildman–Crippen LogP) is 3.21. The molecule has 0 saturated carbocycles. The molecule has 0 atom stereocenters. The fourth-order valence-corrected chi connectivity index (χ4v) is 3.15. The average molecular weight is 326 g/mol. The van der Waals surface area contributed by atoms with E-state index >= 15 is 0 Å². The number of urea groups is 1. The number of nitrogens with zero attached hydrogens (tertiary/aromatic N) is 3. The number of carbonyl (C=O) groups excluding carboxylic acids is 1. The molecule has 5 nitrogen and oxygen atoms in total. The first-order valence-corrected chi connectivity index (χ1v) is 8.89. The Balaban J connectivity index is 1.50. The zero-order valence-electron chi connectivity index (χ0n) is 14.2. The second kappa shape index (κ2) is 8.52. The van der Waals surface area contributed by atoms with Crippen molar-refractivity contribution >= 4 is 6.03 Å². The van der Waals surface area contributed by atoms with E-state index in [4.69, 9.17) is 0 Å². The summed E-state index contributed by atoms with van der Waals surface area (Å²) in [6.07, 6.45) is 9.43. The number of hydrogen-bond donors (Lipinski definition) is 1. The largest absolute Gasteiger partial charge is 0.333 e. The van der Waals surface area contributed by atoms with Gasteiger partial charge in [-0.25, -0.2) is 9.78 Å². The lowest BCUT2D eigenvalue weighted by atomic mass is 10.1. The monoisotopic (exact) mass is 326 g/mol. The molecule has 1 fully saturated rings. The highest BCUT2D eigenvalue weighted by atomic mass is 16.2. The van der Waals surface area contributed by atoms with Crippen LogP contribution in [-0.4, -0.2) is 33.6 Å². The number of amides is 2. The Bertz CT molecular complexity index is 630. The van der Waals surface area contributed by atoms with E-state index in [0.29, 0.717) is 6.54 Å². The van der Waals surface area contributed by atoms with Crippen molar-refractivity contribution in [3.05, 3.63) is 54.1 Å². The molecule has 5 heteroatoms. The summed E-state index contributed by atoms with van der Waals surface area (Å²) in [5.74, 6) is 0.911. The molecule has 0 radical (unpaired) electrons. The van der Waals surface area contributed by atoms with Gasteiger partial charge < -0.3 is 14.8 Å². The summed E-state index contributed by atoms with van der Waals surface area (Å²) in [5, 5.41) is 3.02. The second-order valence-corrected chi connectivity index (χ2v) is 6.33. The van der Waals surface area contributed by atoms with Gasteiger partial charge in [0.15, 0.2) is 0 Å². The lowest BCUT2D eigenvalue weighted by molar-refractivity contribution is 0.199. The van der Waals surface area contributed by atoms with Gasteiger partial charge in [-0.15, -0.1) is 0 Å². The summed E-state index contributed by atoms with van der Waals surface area (Å²) in [6.45, 7) is 3.10. The molecular formula is C19H26N4O. The number of aryl methyl sites for hydroxylation is 2. The molecule has 128 valence electrons. The smallest absolute Gasteiger partial charge is 0.317 e. The highest BCUT2D eigenvalue weighted by Gasteiger charge is 2.15. The Morgan fingerprint density at radius 3 is 2.58 bits per heavy atom. The van der Waals surface area contributed by atoms with Gasteiger partial charge in [0.2, 0.25) is 0 Å². The quantitative estimate of drug-likeness (QED) is 0.917. The average Bonchev–Trinajstić information content (AvgIpc) is 2.89. The Hall–Kier alpha value is -2.30. The van der Waals surface area contributed by atoms with Crippen LogP contribution in [0.1, 0.15) is 37.1 Å². The van der Waals surface area contributed by atoms with Crippen molar-refractivity contribution in [2.75, 3.05) is 13.1 Å². The maximum atomic E-state index is 12.3. The molecule has 1 aromatic carbocycles. The molecule has 2 heterocycles.